The molecular weight excluding hydrogens is 427 g/mol. The number of hydrogen-bond acceptors (Lipinski definition) is 7. The maximum atomic E-state index is 13.0. The summed E-state index contributed by atoms with van der Waals surface area (Å²) >= 11 is 4.33. The van der Waals surface area contributed by atoms with E-state index >= 15 is 0 Å². The van der Waals surface area contributed by atoms with Crippen molar-refractivity contribution in [1.82, 2.24) is 9.97 Å². The lowest BCUT2D eigenvalue weighted by atomic mass is 10.2. The third-order valence-electron chi connectivity index (χ3n) is 3.89. The smallest absolute Gasteiger partial charge is 0.239 e. The lowest BCUT2D eigenvalue weighted by Crippen LogP contribution is -2.22. The van der Waals surface area contributed by atoms with Crippen molar-refractivity contribution in [2.75, 3.05) is 5.32 Å². The summed E-state index contributed by atoms with van der Waals surface area (Å²) in [6, 6.07) is 11.9. The standard InChI is InChI=1S/C20H15FN4OS3/c1-12(18(26)25-19-22-8-9-27-19)28-20-24-16-7-6-15(10-17(16)29-20)23-11-13-2-4-14(21)5-3-13/h2-12H,1H3,(H,22,25,26)/t12-/m1/s1. The number of carbonyl (C=O) groups is 1. The Bertz CT molecular complexity index is 1160. The Morgan fingerprint density at radius 1 is 1.28 bits per heavy atom. The number of anilines is 1. The number of rotatable bonds is 6. The van der Waals surface area contributed by atoms with Crippen molar-refractivity contribution in [1.29, 1.82) is 0 Å². The summed E-state index contributed by atoms with van der Waals surface area (Å²) in [5.41, 5.74) is 2.48. The molecule has 0 unspecified atom stereocenters. The fourth-order valence-electron chi connectivity index (χ4n) is 2.42. The van der Waals surface area contributed by atoms with Crippen LogP contribution < -0.4 is 5.32 Å². The van der Waals surface area contributed by atoms with Crippen LogP contribution in [-0.2, 0) is 4.79 Å². The number of nitrogens with zero attached hydrogens (tertiary/aromatic N) is 3. The third-order valence-corrected chi connectivity index (χ3v) is 6.79. The molecule has 0 aliphatic carbocycles. The van der Waals surface area contributed by atoms with Gasteiger partial charge in [0.1, 0.15) is 5.82 Å². The average Bonchev–Trinajstić information content (AvgIpc) is 3.36. The molecular formula is C20H15FN4OS3. The summed E-state index contributed by atoms with van der Waals surface area (Å²) < 4.78 is 14.8. The second kappa shape index (κ2) is 8.81. The van der Waals surface area contributed by atoms with Gasteiger partial charge in [-0.2, -0.15) is 0 Å². The molecule has 0 saturated heterocycles. The van der Waals surface area contributed by atoms with Gasteiger partial charge in [-0.05, 0) is 42.8 Å². The summed E-state index contributed by atoms with van der Waals surface area (Å²) in [6.45, 7) is 1.85. The second-order valence-corrected chi connectivity index (χ2v) is 9.54. The number of amides is 1. The molecule has 0 bridgehead atoms. The van der Waals surface area contributed by atoms with Gasteiger partial charge in [-0.15, -0.1) is 22.7 Å². The molecule has 0 spiro atoms. The minimum Gasteiger partial charge on any atom is -0.301 e. The first-order valence-corrected chi connectivity index (χ1v) is 11.2. The van der Waals surface area contributed by atoms with Gasteiger partial charge in [-0.3, -0.25) is 9.79 Å². The molecule has 2 heterocycles. The normalized spacial score (nSPS) is 12.5. The number of carbonyl (C=O) groups excluding carboxylic acids is 1. The van der Waals surface area contributed by atoms with E-state index in [0.29, 0.717) is 5.13 Å². The van der Waals surface area contributed by atoms with E-state index in [4.69, 9.17) is 0 Å². The molecule has 146 valence electrons. The van der Waals surface area contributed by atoms with Crippen molar-refractivity contribution in [2.24, 2.45) is 4.99 Å². The molecule has 0 radical (unpaired) electrons. The summed E-state index contributed by atoms with van der Waals surface area (Å²) in [4.78, 5) is 25.4. The van der Waals surface area contributed by atoms with Crippen LogP contribution >= 0.6 is 34.4 Å². The zero-order valence-corrected chi connectivity index (χ0v) is 17.7. The van der Waals surface area contributed by atoms with E-state index in [2.05, 4.69) is 20.3 Å². The Labute approximate surface area is 178 Å². The van der Waals surface area contributed by atoms with Crippen molar-refractivity contribution < 1.29 is 9.18 Å². The minimum absolute atomic E-state index is 0.103. The maximum Gasteiger partial charge on any atom is 0.239 e. The van der Waals surface area contributed by atoms with Crippen LogP contribution in [-0.4, -0.2) is 27.3 Å². The van der Waals surface area contributed by atoms with Crippen LogP contribution in [0.15, 0.2) is 63.4 Å². The number of nitrogens with one attached hydrogen (secondary N) is 1. The highest BCUT2D eigenvalue weighted by atomic mass is 32.2. The Morgan fingerprint density at radius 3 is 2.86 bits per heavy atom. The highest BCUT2D eigenvalue weighted by Gasteiger charge is 2.18. The Hall–Kier alpha value is -2.62. The molecule has 1 N–H and O–H groups in total. The van der Waals surface area contributed by atoms with Crippen molar-refractivity contribution in [2.45, 2.75) is 16.5 Å². The summed E-state index contributed by atoms with van der Waals surface area (Å²) in [5.74, 6) is -0.374. The van der Waals surface area contributed by atoms with Gasteiger partial charge < -0.3 is 5.32 Å². The second-order valence-electron chi connectivity index (χ2n) is 6.03. The average molecular weight is 443 g/mol. The van der Waals surface area contributed by atoms with E-state index in [1.165, 1.54) is 46.6 Å². The largest absolute Gasteiger partial charge is 0.301 e. The Balaban J connectivity index is 1.45. The number of thioether (sulfide) groups is 1. The van der Waals surface area contributed by atoms with Crippen molar-refractivity contribution >= 4 is 67.6 Å². The first-order valence-electron chi connectivity index (χ1n) is 8.64. The Morgan fingerprint density at radius 2 is 2.10 bits per heavy atom. The van der Waals surface area contributed by atoms with Gasteiger partial charge in [0.05, 0.1) is 21.2 Å². The van der Waals surface area contributed by atoms with E-state index in [9.17, 15) is 9.18 Å². The Kier molecular flexibility index (Phi) is 5.98. The van der Waals surface area contributed by atoms with Crippen molar-refractivity contribution in [3.05, 3.63) is 65.4 Å². The molecule has 1 atom stereocenters. The lowest BCUT2D eigenvalue weighted by Gasteiger charge is -2.07. The molecule has 2 aromatic carbocycles. The van der Waals surface area contributed by atoms with Crippen LogP contribution in [0, 0.1) is 5.82 Å². The fourth-order valence-corrected chi connectivity index (χ4v) is 5.19. The minimum atomic E-state index is -0.296. The van der Waals surface area contributed by atoms with Crippen molar-refractivity contribution in [3.8, 4) is 0 Å². The van der Waals surface area contributed by atoms with Crippen molar-refractivity contribution in [3.63, 3.8) is 0 Å². The van der Waals surface area contributed by atoms with Crippen LogP contribution in [0.25, 0.3) is 10.2 Å². The van der Waals surface area contributed by atoms with Gasteiger partial charge >= 0.3 is 0 Å². The molecule has 0 fully saturated rings. The van der Waals surface area contributed by atoms with Crippen LogP contribution in [0.2, 0.25) is 0 Å². The fraction of sp³-hybridized carbons (Fsp3) is 0.100. The number of hydrogen-bond donors (Lipinski definition) is 1. The maximum absolute atomic E-state index is 13.0. The molecule has 0 aliphatic rings. The molecule has 4 aromatic rings. The van der Waals surface area contributed by atoms with Gasteiger partial charge in [0.25, 0.3) is 0 Å². The van der Waals surface area contributed by atoms with Gasteiger partial charge in [0, 0.05) is 17.8 Å². The lowest BCUT2D eigenvalue weighted by molar-refractivity contribution is -0.115. The van der Waals surface area contributed by atoms with Gasteiger partial charge in [-0.1, -0.05) is 23.9 Å². The van der Waals surface area contributed by atoms with E-state index in [1.807, 2.05) is 30.5 Å². The van der Waals surface area contributed by atoms with Crippen LogP contribution in [0.5, 0.6) is 0 Å². The molecule has 5 nitrogen and oxygen atoms in total. The molecule has 4 rings (SSSR count). The van der Waals surface area contributed by atoms with Gasteiger partial charge in [-0.25, -0.2) is 14.4 Å². The van der Waals surface area contributed by atoms with Gasteiger partial charge in [0.15, 0.2) is 9.47 Å². The number of thiazole rings is 2. The monoisotopic (exact) mass is 442 g/mol. The number of halogens is 1. The number of benzene rings is 2. The molecule has 1 amide bonds. The molecule has 0 aliphatic heterocycles. The van der Waals surface area contributed by atoms with E-state index < -0.39 is 0 Å². The van der Waals surface area contributed by atoms with Crippen LogP contribution in [0.4, 0.5) is 15.2 Å². The zero-order chi connectivity index (χ0) is 20.2. The number of fused-ring (bicyclic) bond motifs is 1. The molecule has 0 saturated carbocycles. The topological polar surface area (TPSA) is 67.2 Å². The summed E-state index contributed by atoms with van der Waals surface area (Å²) in [6.07, 6.45) is 3.35. The highest BCUT2D eigenvalue weighted by Crippen LogP contribution is 2.34. The first-order chi connectivity index (χ1) is 14.1. The molecule has 9 heteroatoms. The van der Waals surface area contributed by atoms with Crippen LogP contribution in [0.3, 0.4) is 0 Å². The quantitative estimate of drug-likeness (QED) is 0.304. The van der Waals surface area contributed by atoms with Gasteiger partial charge in [0.2, 0.25) is 5.91 Å². The molecule has 29 heavy (non-hydrogen) atoms. The number of aromatic nitrogens is 2. The predicted octanol–water partition coefficient (Wildman–Crippen LogP) is 5.76. The third kappa shape index (κ3) is 5.06. The zero-order valence-electron chi connectivity index (χ0n) is 15.2. The summed E-state index contributed by atoms with van der Waals surface area (Å²) in [5, 5.41) is 4.92. The number of aliphatic imine (C=N–C) groups is 1. The van der Waals surface area contributed by atoms with E-state index in [0.717, 1.165) is 25.8 Å². The molecule has 2 aromatic heterocycles. The van der Waals surface area contributed by atoms with Crippen LogP contribution in [0.1, 0.15) is 12.5 Å². The van der Waals surface area contributed by atoms with E-state index in [1.54, 1.807) is 24.5 Å². The predicted molar refractivity (Wildman–Crippen MR) is 119 cm³/mol. The highest BCUT2D eigenvalue weighted by molar-refractivity contribution is 8.02. The summed E-state index contributed by atoms with van der Waals surface area (Å²) in [7, 11) is 0. The first kappa shape index (κ1) is 19.7. The SMILES string of the molecule is C[C@@H](Sc1nc2ccc(N=Cc3ccc(F)cc3)cc2s1)C(=O)Nc1nccs1. The van der Waals surface area contributed by atoms with E-state index in [-0.39, 0.29) is 17.0 Å².